The smallest absolute Gasteiger partial charge is 0.254 e. The highest BCUT2D eigenvalue weighted by atomic mass is 32.1. The lowest BCUT2D eigenvalue weighted by molar-refractivity contribution is -0.138. The molecular formula is C22H26N2O3S. The molecule has 0 radical (unpaired) electrons. The van der Waals surface area contributed by atoms with Crippen LogP contribution in [0.5, 0.6) is 0 Å². The first-order valence-corrected chi connectivity index (χ1v) is 10.8. The molecule has 2 aromatic rings. The first kappa shape index (κ1) is 19.2. The molecule has 2 amide bonds. The van der Waals surface area contributed by atoms with E-state index in [1.165, 1.54) is 0 Å². The van der Waals surface area contributed by atoms with Gasteiger partial charge in [0.2, 0.25) is 5.91 Å². The molecular weight excluding hydrogens is 372 g/mol. The summed E-state index contributed by atoms with van der Waals surface area (Å²) in [7, 11) is 0. The molecule has 6 heteroatoms. The van der Waals surface area contributed by atoms with Crippen molar-refractivity contribution >= 4 is 23.2 Å². The molecule has 1 aromatic carbocycles. The Morgan fingerprint density at radius 3 is 2.61 bits per heavy atom. The maximum atomic E-state index is 13.7. The molecule has 3 heterocycles. The molecule has 0 spiro atoms. The van der Waals surface area contributed by atoms with E-state index in [0.717, 1.165) is 10.4 Å². The van der Waals surface area contributed by atoms with Gasteiger partial charge in [0.1, 0.15) is 0 Å². The van der Waals surface area contributed by atoms with Gasteiger partial charge in [0.15, 0.2) is 0 Å². The standard InChI is InChI=1S/C22H26N2O3S/c1-15(2)14-24-20(18-8-5-13-28-18)19(22(26)23-9-11-27-12-10-23)16-6-3-4-7-17(16)21(24)25/h3-8,13,15,19-20H,9-12,14H2,1-2H3/t19-,20+/m0/s1. The molecule has 0 aliphatic carbocycles. The van der Waals surface area contributed by atoms with Crippen molar-refractivity contribution in [3.63, 3.8) is 0 Å². The van der Waals surface area contributed by atoms with E-state index in [9.17, 15) is 9.59 Å². The lowest BCUT2D eigenvalue weighted by atomic mass is 9.80. The van der Waals surface area contributed by atoms with Crippen LogP contribution < -0.4 is 0 Å². The number of hydrogen-bond acceptors (Lipinski definition) is 4. The van der Waals surface area contributed by atoms with Gasteiger partial charge in [-0.05, 0) is 29.0 Å². The van der Waals surface area contributed by atoms with E-state index in [4.69, 9.17) is 4.74 Å². The van der Waals surface area contributed by atoms with Crippen LogP contribution in [0.3, 0.4) is 0 Å². The van der Waals surface area contributed by atoms with Gasteiger partial charge in [-0.2, -0.15) is 0 Å². The Morgan fingerprint density at radius 1 is 1.18 bits per heavy atom. The fourth-order valence-electron chi connectivity index (χ4n) is 4.21. The largest absolute Gasteiger partial charge is 0.378 e. The third-order valence-electron chi connectivity index (χ3n) is 5.42. The Morgan fingerprint density at radius 2 is 1.93 bits per heavy atom. The molecule has 4 rings (SSSR count). The van der Waals surface area contributed by atoms with E-state index in [1.807, 2.05) is 51.6 Å². The normalized spacial score (nSPS) is 22.5. The second-order valence-corrected chi connectivity index (χ2v) is 8.79. The van der Waals surface area contributed by atoms with Crippen LogP contribution in [0.4, 0.5) is 0 Å². The predicted molar refractivity (Wildman–Crippen MR) is 110 cm³/mol. The summed E-state index contributed by atoms with van der Waals surface area (Å²) >= 11 is 1.62. The summed E-state index contributed by atoms with van der Waals surface area (Å²) in [5.74, 6) is 0.0457. The SMILES string of the molecule is CC(C)CN1C(=O)c2ccccc2[C@H](C(=O)N2CCOCC2)[C@H]1c1cccs1. The maximum Gasteiger partial charge on any atom is 0.254 e. The average Bonchev–Trinajstić information content (AvgIpc) is 3.24. The van der Waals surface area contributed by atoms with Gasteiger partial charge in [0, 0.05) is 30.1 Å². The van der Waals surface area contributed by atoms with Crippen LogP contribution >= 0.6 is 11.3 Å². The molecule has 2 aliphatic heterocycles. The second-order valence-electron chi connectivity index (χ2n) is 7.81. The van der Waals surface area contributed by atoms with Crippen LogP contribution in [0.15, 0.2) is 41.8 Å². The topological polar surface area (TPSA) is 49.9 Å². The summed E-state index contributed by atoms with van der Waals surface area (Å²) < 4.78 is 5.44. The van der Waals surface area contributed by atoms with E-state index in [1.54, 1.807) is 11.3 Å². The van der Waals surface area contributed by atoms with Gasteiger partial charge in [0.05, 0.1) is 25.2 Å². The Kier molecular flexibility index (Phi) is 5.51. The van der Waals surface area contributed by atoms with Crippen molar-refractivity contribution < 1.29 is 14.3 Å². The number of carbonyl (C=O) groups is 2. The number of hydrogen-bond donors (Lipinski definition) is 0. The molecule has 1 aromatic heterocycles. The van der Waals surface area contributed by atoms with Gasteiger partial charge in [0.25, 0.3) is 5.91 Å². The van der Waals surface area contributed by atoms with E-state index in [2.05, 4.69) is 13.8 Å². The number of carbonyl (C=O) groups excluding carboxylic acids is 2. The Hall–Kier alpha value is -2.18. The van der Waals surface area contributed by atoms with Crippen LogP contribution in [-0.4, -0.2) is 54.5 Å². The minimum atomic E-state index is -0.385. The van der Waals surface area contributed by atoms with Crippen molar-refractivity contribution in [3.8, 4) is 0 Å². The fourth-order valence-corrected chi connectivity index (χ4v) is 5.08. The number of morpholine rings is 1. The van der Waals surface area contributed by atoms with Gasteiger partial charge in [-0.15, -0.1) is 11.3 Å². The van der Waals surface area contributed by atoms with Gasteiger partial charge < -0.3 is 14.5 Å². The number of benzene rings is 1. The van der Waals surface area contributed by atoms with Crippen molar-refractivity contribution in [1.29, 1.82) is 0 Å². The van der Waals surface area contributed by atoms with Crippen LogP contribution in [0, 0.1) is 5.92 Å². The highest BCUT2D eigenvalue weighted by molar-refractivity contribution is 7.10. The quantitative estimate of drug-likeness (QED) is 0.792. The van der Waals surface area contributed by atoms with Gasteiger partial charge in [-0.25, -0.2) is 0 Å². The Balaban J connectivity index is 1.83. The summed E-state index contributed by atoms with van der Waals surface area (Å²) in [5, 5.41) is 2.02. The molecule has 0 N–H and O–H groups in total. The van der Waals surface area contributed by atoms with E-state index < -0.39 is 0 Å². The summed E-state index contributed by atoms with van der Waals surface area (Å²) in [6.07, 6.45) is 0. The van der Waals surface area contributed by atoms with Crippen LogP contribution in [0.1, 0.15) is 46.6 Å². The minimum absolute atomic E-state index is 0.0220. The monoisotopic (exact) mass is 398 g/mol. The lowest BCUT2D eigenvalue weighted by Gasteiger charge is -2.43. The maximum absolute atomic E-state index is 13.7. The highest BCUT2D eigenvalue weighted by Crippen LogP contribution is 2.45. The Bertz CT molecular complexity index is 843. The third-order valence-corrected chi connectivity index (χ3v) is 6.37. The third kappa shape index (κ3) is 3.47. The molecule has 0 bridgehead atoms. The van der Waals surface area contributed by atoms with Gasteiger partial charge in [-0.1, -0.05) is 38.1 Å². The summed E-state index contributed by atoms with van der Waals surface area (Å²) in [6.45, 7) is 7.19. The van der Waals surface area contributed by atoms with Crippen molar-refractivity contribution in [1.82, 2.24) is 9.80 Å². The number of fused-ring (bicyclic) bond motifs is 1. The molecule has 5 nitrogen and oxygen atoms in total. The molecule has 0 saturated carbocycles. The molecule has 0 unspecified atom stereocenters. The van der Waals surface area contributed by atoms with Crippen LogP contribution in [0.25, 0.3) is 0 Å². The van der Waals surface area contributed by atoms with E-state index >= 15 is 0 Å². The van der Waals surface area contributed by atoms with Crippen molar-refractivity contribution in [2.45, 2.75) is 25.8 Å². The zero-order valence-corrected chi connectivity index (χ0v) is 17.2. The fraction of sp³-hybridized carbons (Fsp3) is 0.455. The van der Waals surface area contributed by atoms with E-state index in [0.29, 0.717) is 44.3 Å². The predicted octanol–water partition coefficient (Wildman–Crippen LogP) is 3.54. The minimum Gasteiger partial charge on any atom is -0.378 e. The van der Waals surface area contributed by atoms with Crippen molar-refractivity contribution in [3.05, 3.63) is 57.8 Å². The molecule has 148 valence electrons. The highest BCUT2D eigenvalue weighted by Gasteiger charge is 2.46. The zero-order valence-electron chi connectivity index (χ0n) is 16.3. The number of thiophene rings is 1. The molecule has 1 saturated heterocycles. The number of amides is 2. The van der Waals surface area contributed by atoms with Crippen LogP contribution in [-0.2, 0) is 9.53 Å². The van der Waals surface area contributed by atoms with Crippen LogP contribution in [0.2, 0.25) is 0 Å². The summed E-state index contributed by atoms with van der Waals surface area (Å²) in [4.78, 5) is 32.0. The molecule has 28 heavy (non-hydrogen) atoms. The molecule has 2 atom stereocenters. The molecule has 1 fully saturated rings. The van der Waals surface area contributed by atoms with Gasteiger partial charge >= 0.3 is 0 Å². The Labute approximate surface area is 169 Å². The number of rotatable bonds is 4. The van der Waals surface area contributed by atoms with E-state index in [-0.39, 0.29) is 23.8 Å². The number of nitrogens with zero attached hydrogens (tertiary/aromatic N) is 2. The van der Waals surface area contributed by atoms with Crippen molar-refractivity contribution in [2.24, 2.45) is 5.92 Å². The number of ether oxygens (including phenoxy) is 1. The average molecular weight is 399 g/mol. The lowest BCUT2D eigenvalue weighted by Crippen LogP contribution is -2.51. The first-order chi connectivity index (χ1) is 13.6. The van der Waals surface area contributed by atoms with Crippen molar-refractivity contribution in [2.75, 3.05) is 32.8 Å². The summed E-state index contributed by atoms with van der Waals surface area (Å²) in [6, 6.07) is 11.4. The zero-order chi connectivity index (χ0) is 19.7. The summed E-state index contributed by atoms with van der Waals surface area (Å²) in [5.41, 5.74) is 1.50. The second kappa shape index (κ2) is 8.05. The van der Waals surface area contributed by atoms with Gasteiger partial charge in [-0.3, -0.25) is 9.59 Å². The molecule has 2 aliphatic rings. The first-order valence-electron chi connectivity index (χ1n) is 9.87.